The minimum atomic E-state index is -0.438. The zero-order valence-electron chi connectivity index (χ0n) is 10.5. The molecule has 0 heterocycles. The molecule has 0 radical (unpaired) electrons. The van der Waals surface area contributed by atoms with Crippen molar-refractivity contribution in [1.29, 1.82) is 0 Å². The van der Waals surface area contributed by atoms with Crippen LogP contribution in [0.3, 0.4) is 0 Å². The van der Waals surface area contributed by atoms with Gasteiger partial charge in [-0.15, -0.1) is 0 Å². The Morgan fingerprint density at radius 3 is 2.31 bits per heavy atom. The molecule has 0 nitrogen and oxygen atoms in total. The highest BCUT2D eigenvalue weighted by molar-refractivity contribution is 5.32. The summed E-state index contributed by atoms with van der Waals surface area (Å²) >= 11 is 0. The molecule has 16 heavy (non-hydrogen) atoms. The number of hydrogen-bond donors (Lipinski definition) is 0. The Hall–Kier alpha value is -0.920. The summed E-state index contributed by atoms with van der Waals surface area (Å²) in [7, 11) is 0. The molecule has 0 saturated carbocycles. The lowest BCUT2D eigenvalue weighted by Gasteiger charge is -2.04. The molecule has 0 atom stereocenters. The quantitative estimate of drug-likeness (QED) is 0.495. The summed E-state index contributed by atoms with van der Waals surface area (Å²) in [6, 6.07) is 0. The third-order valence-electron chi connectivity index (χ3n) is 2.33. The Morgan fingerprint density at radius 1 is 1.12 bits per heavy atom. The predicted octanol–water partition coefficient (Wildman–Crippen LogP) is 5.63. The lowest BCUT2D eigenvalue weighted by atomic mass is 10.1. The van der Waals surface area contributed by atoms with Crippen molar-refractivity contribution in [2.24, 2.45) is 0 Å². The Labute approximate surface area is 97.7 Å². The van der Waals surface area contributed by atoms with E-state index in [1.807, 2.05) is 13.8 Å². The lowest BCUT2D eigenvalue weighted by molar-refractivity contribution is 0.586. The molecule has 2 heteroatoms. The highest BCUT2D eigenvalue weighted by Gasteiger charge is 2.08. The fraction of sp³-hybridized carbons (Fsp3) is 0.571. The van der Waals surface area contributed by atoms with E-state index < -0.39 is 11.7 Å². The molecule has 0 fully saturated rings. The minimum Gasteiger partial charge on any atom is -0.207 e. The van der Waals surface area contributed by atoms with Crippen molar-refractivity contribution in [3.8, 4) is 0 Å². The minimum absolute atomic E-state index is 0.205. The molecular formula is C14H22F2. The van der Waals surface area contributed by atoms with E-state index in [9.17, 15) is 8.78 Å². The van der Waals surface area contributed by atoms with Gasteiger partial charge in [0, 0.05) is 5.57 Å². The van der Waals surface area contributed by atoms with Crippen molar-refractivity contribution in [3.05, 3.63) is 35.5 Å². The molecule has 92 valence electrons. The van der Waals surface area contributed by atoms with Crippen molar-refractivity contribution >= 4 is 0 Å². The van der Waals surface area contributed by atoms with Gasteiger partial charge in [0.25, 0.3) is 0 Å². The van der Waals surface area contributed by atoms with Crippen LogP contribution in [-0.2, 0) is 0 Å². The SMILES string of the molecule is C\C=C(F)/C(CCCC)=C(F)\C=C\CCC. The van der Waals surface area contributed by atoms with Crippen LogP contribution in [0.1, 0.15) is 52.9 Å². The second kappa shape index (κ2) is 9.32. The van der Waals surface area contributed by atoms with Crippen LogP contribution in [0.25, 0.3) is 0 Å². The maximum atomic E-state index is 13.7. The number of halogens is 2. The van der Waals surface area contributed by atoms with Crippen LogP contribution in [0.2, 0.25) is 0 Å². The summed E-state index contributed by atoms with van der Waals surface area (Å²) in [6.07, 6.45) is 8.47. The van der Waals surface area contributed by atoms with Crippen molar-refractivity contribution < 1.29 is 8.78 Å². The van der Waals surface area contributed by atoms with Gasteiger partial charge >= 0.3 is 0 Å². The molecule has 0 aromatic heterocycles. The van der Waals surface area contributed by atoms with Crippen LogP contribution in [0.5, 0.6) is 0 Å². The first-order valence-electron chi connectivity index (χ1n) is 6.04. The number of hydrogen-bond acceptors (Lipinski definition) is 0. The van der Waals surface area contributed by atoms with Crippen LogP contribution in [0, 0.1) is 0 Å². The zero-order valence-corrected chi connectivity index (χ0v) is 10.5. The average Bonchev–Trinajstić information content (AvgIpc) is 2.29. The third kappa shape index (κ3) is 5.84. The second-order valence-corrected chi connectivity index (χ2v) is 3.76. The van der Waals surface area contributed by atoms with E-state index >= 15 is 0 Å². The van der Waals surface area contributed by atoms with E-state index in [2.05, 4.69) is 0 Å². The summed E-state index contributed by atoms with van der Waals surface area (Å²) in [5, 5.41) is 0. The molecule has 0 N–H and O–H groups in total. The summed E-state index contributed by atoms with van der Waals surface area (Å²) < 4.78 is 27.1. The van der Waals surface area contributed by atoms with Gasteiger partial charge < -0.3 is 0 Å². The summed E-state index contributed by atoms with van der Waals surface area (Å²) in [5.41, 5.74) is 0.205. The van der Waals surface area contributed by atoms with E-state index in [0.29, 0.717) is 6.42 Å². The maximum Gasteiger partial charge on any atom is 0.128 e. The number of allylic oxidation sites excluding steroid dienone is 6. The maximum absolute atomic E-state index is 13.7. The Morgan fingerprint density at radius 2 is 1.81 bits per heavy atom. The van der Waals surface area contributed by atoms with E-state index in [-0.39, 0.29) is 5.57 Å². The van der Waals surface area contributed by atoms with Gasteiger partial charge in [0.1, 0.15) is 11.7 Å². The summed E-state index contributed by atoms with van der Waals surface area (Å²) in [5.74, 6) is -0.871. The van der Waals surface area contributed by atoms with Gasteiger partial charge in [-0.25, -0.2) is 8.78 Å². The Kier molecular flexibility index (Phi) is 8.78. The second-order valence-electron chi connectivity index (χ2n) is 3.76. The molecule has 0 aliphatic rings. The first-order chi connectivity index (χ1) is 7.67. The van der Waals surface area contributed by atoms with Gasteiger partial charge in [-0.3, -0.25) is 0 Å². The first-order valence-corrected chi connectivity index (χ1v) is 6.04. The molecule has 0 spiro atoms. The van der Waals surface area contributed by atoms with Crippen LogP contribution < -0.4 is 0 Å². The van der Waals surface area contributed by atoms with Crippen LogP contribution >= 0.6 is 0 Å². The number of rotatable bonds is 7. The van der Waals surface area contributed by atoms with Gasteiger partial charge in [0.05, 0.1) is 0 Å². The molecule has 0 aromatic rings. The zero-order chi connectivity index (χ0) is 12.4. The molecule has 0 aromatic carbocycles. The topological polar surface area (TPSA) is 0 Å². The van der Waals surface area contributed by atoms with Gasteiger partial charge in [0.2, 0.25) is 0 Å². The molecule has 0 rings (SSSR count). The van der Waals surface area contributed by atoms with Crippen molar-refractivity contribution in [2.75, 3.05) is 0 Å². The highest BCUT2D eigenvalue weighted by Crippen LogP contribution is 2.24. The van der Waals surface area contributed by atoms with Crippen LogP contribution in [0.4, 0.5) is 8.78 Å². The standard InChI is InChI=1S/C14H22F2/c1-4-7-9-11-14(16)12(10-8-5-2)13(15)6-3/h6,9,11H,4-5,7-8,10H2,1-3H3/b11-9+,13-6+,14-12+. The normalized spacial score (nSPS) is 14.4. The van der Waals surface area contributed by atoms with Crippen molar-refractivity contribution in [2.45, 2.75) is 52.9 Å². The summed E-state index contributed by atoms with van der Waals surface area (Å²) in [4.78, 5) is 0. The lowest BCUT2D eigenvalue weighted by Crippen LogP contribution is -1.88. The highest BCUT2D eigenvalue weighted by atomic mass is 19.1. The molecule has 0 aliphatic carbocycles. The van der Waals surface area contributed by atoms with Gasteiger partial charge in [-0.2, -0.15) is 0 Å². The molecule has 0 amide bonds. The molecule has 0 saturated heterocycles. The molecule has 0 unspecified atom stereocenters. The van der Waals surface area contributed by atoms with E-state index in [1.165, 1.54) is 12.2 Å². The van der Waals surface area contributed by atoms with E-state index in [4.69, 9.17) is 0 Å². The fourth-order valence-corrected chi connectivity index (χ4v) is 1.33. The first kappa shape index (κ1) is 15.1. The van der Waals surface area contributed by atoms with Gasteiger partial charge in [0.15, 0.2) is 0 Å². The third-order valence-corrected chi connectivity index (χ3v) is 2.33. The molecular weight excluding hydrogens is 206 g/mol. The molecule has 0 aliphatic heterocycles. The average molecular weight is 228 g/mol. The summed E-state index contributed by atoms with van der Waals surface area (Å²) in [6.45, 7) is 5.62. The number of unbranched alkanes of at least 4 members (excludes halogenated alkanes) is 2. The van der Waals surface area contributed by atoms with E-state index in [0.717, 1.165) is 25.7 Å². The fourth-order valence-electron chi connectivity index (χ4n) is 1.33. The Bertz CT molecular complexity index is 272. The van der Waals surface area contributed by atoms with Crippen molar-refractivity contribution in [1.82, 2.24) is 0 Å². The van der Waals surface area contributed by atoms with Crippen molar-refractivity contribution in [3.63, 3.8) is 0 Å². The van der Waals surface area contributed by atoms with Gasteiger partial charge in [-0.1, -0.05) is 38.8 Å². The molecule has 0 bridgehead atoms. The Balaban J connectivity index is 4.75. The largest absolute Gasteiger partial charge is 0.207 e. The van der Waals surface area contributed by atoms with Crippen LogP contribution in [-0.4, -0.2) is 0 Å². The monoisotopic (exact) mass is 228 g/mol. The van der Waals surface area contributed by atoms with E-state index in [1.54, 1.807) is 13.0 Å². The smallest absolute Gasteiger partial charge is 0.128 e. The predicted molar refractivity (Wildman–Crippen MR) is 66.6 cm³/mol. The van der Waals surface area contributed by atoms with Crippen LogP contribution in [0.15, 0.2) is 35.5 Å². The van der Waals surface area contributed by atoms with Gasteiger partial charge in [-0.05, 0) is 32.3 Å².